The summed E-state index contributed by atoms with van der Waals surface area (Å²) in [5.41, 5.74) is 4.56. The lowest BCUT2D eigenvalue weighted by Crippen LogP contribution is -2.60. The number of nitrogens with zero attached hydrogens (tertiary/aromatic N) is 2. The second kappa shape index (κ2) is 6.34. The van der Waals surface area contributed by atoms with Crippen LogP contribution in [0.2, 0.25) is 0 Å². The lowest BCUT2D eigenvalue weighted by Gasteiger charge is -2.58. The minimum atomic E-state index is -0.408. The van der Waals surface area contributed by atoms with Gasteiger partial charge in [0, 0.05) is 17.5 Å². The van der Waals surface area contributed by atoms with Gasteiger partial charge in [0.2, 0.25) is 5.78 Å². The van der Waals surface area contributed by atoms with Gasteiger partial charge in [-0.15, -0.1) is 0 Å². The normalized spacial score (nSPS) is 30.7. The number of piperidine rings is 1. The zero-order valence-corrected chi connectivity index (χ0v) is 17.7. The fourth-order valence-corrected chi connectivity index (χ4v) is 6.03. The van der Waals surface area contributed by atoms with E-state index in [-0.39, 0.29) is 17.9 Å². The van der Waals surface area contributed by atoms with Crippen molar-refractivity contribution in [3.8, 4) is 11.5 Å². The summed E-state index contributed by atoms with van der Waals surface area (Å²) in [7, 11) is 9.33. The van der Waals surface area contributed by atoms with Crippen molar-refractivity contribution in [1.82, 2.24) is 9.80 Å². The van der Waals surface area contributed by atoms with Gasteiger partial charge in [0.15, 0.2) is 17.3 Å². The highest BCUT2D eigenvalue weighted by Crippen LogP contribution is 2.61. The number of likely N-dealkylation sites (tertiary alicyclic amines) is 1. The Labute approximate surface area is 171 Å². The molecule has 2 heterocycles. The fraction of sp³-hybridized carbons (Fsp3) is 0.522. The molecule has 0 unspecified atom stereocenters. The van der Waals surface area contributed by atoms with Gasteiger partial charge >= 0.3 is 0 Å². The van der Waals surface area contributed by atoms with Crippen molar-refractivity contribution in [2.24, 2.45) is 0 Å². The number of benzene rings is 1. The minimum Gasteiger partial charge on any atom is -0.493 e. The first-order valence-electron chi connectivity index (χ1n) is 10.2. The highest BCUT2D eigenvalue weighted by Gasteiger charge is 2.57. The number of allylic oxidation sites excluding steroid dienone is 2. The largest absolute Gasteiger partial charge is 0.493 e. The molecule has 1 aromatic rings. The van der Waals surface area contributed by atoms with Gasteiger partial charge < -0.3 is 14.2 Å². The number of ether oxygens (including phenoxy) is 3. The maximum absolute atomic E-state index is 12.8. The number of hydrogen-bond acceptors (Lipinski definition) is 6. The zero-order chi connectivity index (χ0) is 20.5. The highest BCUT2D eigenvalue weighted by molar-refractivity contribution is 6.05. The molecule has 2 aliphatic heterocycles. The topological polar surface area (TPSA) is 51.2 Å². The van der Waals surface area contributed by atoms with Crippen LogP contribution in [-0.2, 0) is 21.4 Å². The third-order valence-corrected chi connectivity index (χ3v) is 7.34. The molecule has 4 aliphatic rings. The molecular formula is C23H28N2O4. The van der Waals surface area contributed by atoms with Crippen molar-refractivity contribution in [2.75, 3.05) is 48.5 Å². The van der Waals surface area contributed by atoms with Gasteiger partial charge in [-0.05, 0) is 68.4 Å². The van der Waals surface area contributed by atoms with Gasteiger partial charge in [0.05, 0.1) is 33.4 Å². The number of likely N-dealkylation sites (N-methyl/N-ethyl adjacent to an activating group) is 2. The maximum Gasteiger partial charge on any atom is 0.220 e. The Morgan fingerprint density at radius 1 is 1.03 bits per heavy atom. The smallest absolute Gasteiger partial charge is 0.220 e. The molecule has 6 heteroatoms. The highest BCUT2D eigenvalue weighted by atomic mass is 16.5. The predicted octanol–water partition coefficient (Wildman–Crippen LogP) is 2.23. The number of carbonyl (C=O) groups is 1. The number of methoxy groups -OCH3 is 3. The van der Waals surface area contributed by atoms with Crippen LogP contribution in [-0.4, -0.2) is 70.1 Å². The van der Waals surface area contributed by atoms with E-state index in [2.05, 4.69) is 30.0 Å². The van der Waals surface area contributed by atoms with E-state index in [1.54, 1.807) is 21.3 Å². The molecule has 2 bridgehead atoms. The van der Waals surface area contributed by atoms with Crippen molar-refractivity contribution < 1.29 is 19.0 Å². The molecule has 5 rings (SSSR count). The molecule has 2 aliphatic carbocycles. The van der Waals surface area contributed by atoms with Crippen LogP contribution in [0.25, 0.3) is 0 Å². The van der Waals surface area contributed by atoms with Crippen LogP contribution in [0.5, 0.6) is 11.5 Å². The second-order valence-corrected chi connectivity index (χ2v) is 8.56. The van der Waals surface area contributed by atoms with Crippen LogP contribution in [0.4, 0.5) is 0 Å². The summed E-state index contributed by atoms with van der Waals surface area (Å²) in [5.74, 6) is 1.90. The van der Waals surface area contributed by atoms with Crippen LogP contribution >= 0.6 is 0 Å². The molecule has 0 radical (unpaired) electrons. The molecule has 1 aromatic carbocycles. The van der Waals surface area contributed by atoms with E-state index in [0.717, 1.165) is 48.6 Å². The number of ketones is 1. The SMILES string of the molecule is COC1=C[C@@]23CCN(C)[C@@H](C2=CC1=O)[C@H]1c2c(cc(OC)c(OC)c23)CCN1C. The molecule has 0 aromatic heterocycles. The number of carbonyl (C=O) groups excluding carboxylic acids is 1. The number of fused-ring (bicyclic) bond motifs is 1. The van der Waals surface area contributed by atoms with E-state index < -0.39 is 5.41 Å². The van der Waals surface area contributed by atoms with E-state index in [4.69, 9.17) is 14.2 Å². The Balaban J connectivity index is 1.92. The minimum absolute atomic E-state index is 0.0533. The molecule has 154 valence electrons. The van der Waals surface area contributed by atoms with E-state index in [1.165, 1.54) is 11.1 Å². The Hall–Kier alpha value is -2.31. The first-order chi connectivity index (χ1) is 14.0. The predicted molar refractivity (Wildman–Crippen MR) is 110 cm³/mol. The van der Waals surface area contributed by atoms with Crippen molar-refractivity contribution in [3.05, 3.63) is 46.2 Å². The van der Waals surface area contributed by atoms with Crippen LogP contribution in [0.15, 0.2) is 29.6 Å². The quantitative estimate of drug-likeness (QED) is 0.781. The summed E-state index contributed by atoms with van der Waals surface area (Å²) < 4.78 is 17.2. The third-order valence-electron chi connectivity index (χ3n) is 7.34. The molecule has 0 N–H and O–H groups in total. The Bertz CT molecular complexity index is 966. The van der Waals surface area contributed by atoms with Crippen LogP contribution < -0.4 is 9.47 Å². The van der Waals surface area contributed by atoms with Crippen molar-refractivity contribution in [2.45, 2.75) is 30.3 Å². The van der Waals surface area contributed by atoms with Crippen molar-refractivity contribution in [1.29, 1.82) is 0 Å². The molecule has 0 saturated carbocycles. The summed E-state index contributed by atoms with van der Waals surface area (Å²) in [5, 5.41) is 0. The summed E-state index contributed by atoms with van der Waals surface area (Å²) in [6.07, 6.45) is 5.72. The lowest BCUT2D eigenvalue weighted by molar-refractivity contribution is -0.114. The van der Waals surface area contributed by atoms with Crippen molar-refractivity contribution >= 4 is 5.78 Å². The summed E-state index contributed by atoms with van der Waals surface area (Å²) in [6.45, 7) is 1.91. The molecular weight excluding hydrogens is 368 g/mol. The lowest BCUT2D eigenvalue weighted by atomic mass is 9.55. The van der Waals surface area contributed by atoms with Gasteiger partial charge in [-0.1, -0.05) is 0 Å². The van der Waals surface area contributed by atoms with Gasteiger partial charge in [-0.3, -0.25) is 14.6 Å². The van der Waals surface area contributed by atoms with E-state index >= 15 is 0 Å². The van der Waals surface area contributed by atoms with Gasteiger partial charge in [0.1, 0.15) is 0 Å². The fourth-order valence-electron chi connectivity index (χ4n) is 6.03. The summed E-state index contributed by atoms with van der Waals surface area (Å²) >= 11 is 0. The molecule has 0 spiro atoms. The zero-order valence-electron chi connectivity index (χ0n) is 17.7. The van der Waals surface area contributed by atoms with Gasteiger partial charge in [0.25, 0.3) is 0 Å². The van der Waals surface area contributed by atoms with Crippen LogP contribution in [0.1, 0.15) is 29.2 Å². The maximum atomic E-state index is 12.8. The first-order valence-corrected chi connectivity index (χ1v) is 10.2. The molecule has 0 amide bonds. The molecule has 29 heavy (non-hydrogen) atoms. The van der Waals surface area contributed by atoms with E-state index in [0.29, 0.717) is 5.76 Å². The van der Waals surface area contributed by atoms with E-state index in [1.807, 2.05) is 12.2 Å². The molecule has 1 saturated heterocycles. The summed E-state index contributed by atoms with van der Waals surface area (Å²) in [6, 6.07) is 2.48. The average molecular weight is 396 g/mol. The summed E-state index contributed by atoms with van der Waals surface area (Å²) in [4.78, 5) is 17.6. The Morgan fingerprint density at radius 2 is 1.79 bits per heavy atom. The number of rotatable bonds is 3. The first kappa shape index (κ1) is 18.7. The monoisotopic (exact) mass is 396 g/mol. The van der Waals surface area contributed by atoms with Crippen LogP contribution in [0, 0.1) is 0 Å². The standard InChI is InChI=1S/C23H28N2O4/c1-24-8-6-13-10-16(27-3)22(29-5)19-18(13)21(24)20-14-11-15(26)17(28-4)12-23(14,19)7-9-25(20)2/h10-12,20-21H,6-9H2,1-5H3/t20-,21+,23-/m0/s1. The Kier molecular flexibility index (Phi) is 4.09. The molecule has 3 atom stereocenters. The van der Waals surface area contributed by atoms with Crippen LogP contribution in [0.3, 0.4) is 0 Å². The van der Waals surface area contributed by atoms with Gasteiger partial charge in [-0.2, -0.15) is 0 Å². The molecule has 1 fully saturated rings. The van der Waals surface area contributed by atoms with E-state index in [9.17, 15) is 4.79 Å². The Morgan fingerprint density at radius 3 is 2.48 bits per heavy atom. The third kappa shape index (κ3) is 2.27. The molecule has 6 nitrogen and oxygen atoms in total. The second-order valence-electron chi connectivity index (χ2n) is 8.56. The number of hydrogen-bond donors (Lipinski definition) is 0. The average Bonchev–Trinajstić information content (AvgIpc) is 2.72. The van der Waals surface area contributed by atoms with Crippen molar-refractivity contribution in [3.63, 3.8) is 0 Å². The van der Waals surface area contributed by atoms with Gasteiger partial charge in [-0.25, -0.2) is 0 Å².